The van der Waals surface area contributed by atoms with Crippen LogP contribution in [-0.2, 0) is 6.42 Å². The molecule has 1 heterocycles. The smallest absolute Gasteiger partial charge is 0.273 e. The maximum absolute atomic E-state index is 12.2. The summed E-state index contributed by atoms with van der Waals surface area (Å²) in [4.78, 5) is 26.4. The third kappa shape index (κ3) is 3.00. The molecule has 0 amide bonds. The van der Waals surface area contributed by atoms with Gasteiger partial charge in [-0.2, -0.15) is 0 Å². The van der Waals surface area contributed by atoms with Crippen LogP contribution in [0.3, 0.4) is 0 Å². The molecule has 102 valence electrons. The topological polar surface area (TPSA) is 73.1 Å². The third-order valence-electron chi connectivity index (χ3n) is 2.94. The molecule has 0 aliphatic heterocycles. The SMILES string of the molecule is Cc1ccc(C(=O)Cc2ccncc2Cl)cc1[N+](=O)[O-]. The van der Waals surface area contributed by atoms with Crippen LogP contribution in [0.25, 0.3) is 0 Å². The predicted molar refractivity (Wildman–Crippen MR) is 75.1 cm³/mol. The van der Waals surface area contributed by atoms with Gasteiger partial charge in [-0.3, -0.25) is 19.9 Å². The first-order valence-electron chi connectivity index (χ1n) is 5.85. The zero-order chi connectivity index (χ0) is 14.7. The lowest BCUT2D eigenvalue weighted by atomic mass is 10.0. The Bertz CT molecular complexity index is 686. The van der Waals surface area contributed by atoms with Crippen molar-refractivity contribution in [3.63, 3.8) is 0 Å². The standard InChI is InChI=1S/C14H11ClN2O3/c1-9-2-3-11(6-13(9)17(19)20)14(18)7-10-4-5-16-8-12(10)15/h2-6,8H,7H2,1H3. The van der Waals surface area contributed by atoms with Gasteiger partial charge in [0, 0.05) is 36.0 Å². The Morgan fingerprint density at radius 2 is 2.15 bits per heavy atom. The summed E-state index contributed by atoms with van der Waals surface area (Å²) in [7, 11) is 0. The Balaban J connectivity index is 2.28. The maximum atomic E-state index is 12.2. The Labute approximate surface area is 120 Å². The molecule has 2 rings (SSSR count). The molecule has 0 fully saturated rings. The van der Waals surface area contributed by atoms with Gasteiger partial charge in [0.05, 0.1) is 9.95 Å². The van der Waals surface area contributed by atoms with Gasteiger partial charge in [0.2, 0.25) is 0 Å². The number of aromatic nitrogens is 1. The van der Waals surface area contributed by atoms with Crippen LogP contribution in [0.5, 0.6) is 0 Å². The molecule has 1 aromatic carbocycles. The van der Waals surface area contributed by atoms with E-state index in [0.717, 1.165) is 0 Å². The van der Waals surface area contributed by atoms with Gasteiger partial charge >= 0.3 is 0 Å². The fourth-order valence-corrected chi connectivity index (χ4v) is 1.99. The summed E-state index contributed by atoms with van der Waals surface area (Å²) in [5.41, 5.74) is 1.41. The number of hydrogen-bond donors (Lipinski definition) is 0. The molecule has 0 N–H and O–H groups in total. The molecule has 1 aromatic heterocycles. The van der Waals surface area contributed by atoms with Crippen LogP contribution in [0, 0.1) is 17.0 Å². The first kappa shape index (κ1) is 14.1. The molecule has 0 spiro atoms. The molecular weight excluding hydrogens is 280 g/mol. The van der Waals surface area contributed by atoms with Gasteiger partial charge in [0.25, 0.3) is 5.69 Å². The maximum Gasteiger partial charge on any atom is 0.273 e. The van der Waals surface area contributed by atoms with Crippen molar-refractivity contribution in [1.29, 1.82) is 0 Å². The molecule has 20 heavy (non-hydrogen) atoms. The van der Waals surface area contributed by atoms with Crippen molar-refractivity contribution in [2.24, 2.45) is 0 Å². The minimum absolute atomic E-state index is 0.0586. The van der Waals surface area contributed by atoms with E-state index in [1.807, 2.05) is 0 Å². The second-order valence-electron chi connectivity index (χ2n) is 4.33. The molecule has 0 atom stereocenters. The average molecular weight is 291 g/mol. The van der Waals surface area contributed by atoms with E-state index in [1.165, 1.54) is 12.3 Å². The number of benzene rings is 1. The van der Waals surface area contributed by atoms with Crippen LogP contribution in [-0.4, -0.2) is 15.7 Å². The summed E-state index contributed by atoms with van der Waals surface area (Å²) in [6.07, 6.45) is 3.09. The van der Waals surface area contributed by atoms with E-state index in [9.17, 15) is 14.9 Å². The molecule has 0 unspecified atom stereocenters. The highest BCUT2D eigenvalue weighted by Crippen LogP contribution is 2.21. The third-order valence-corrected chi connectivity index (χ3v) is 3.28. The zero-order valence-electron chi connectivity index (χ0n) is 10.7. The van der Waals surface area contributed by atoms with E-state index in [4.69, 9.17) is 11.6 Å². The lowest BCUT2D eigenvalue weighted by Gasteiger charge is -2.04. The number of nitro benzene ring substituents is 1. The van der Waals surface area contributed by atoms with Gasteiger partial charge in [0.15, 0.2) is 5.78 Å². The predicted octanol–water partition coefficient (Wildman–Crippen LogP) is 3.38. The number of nitro groups is 1. The summed E-state index contributed by atoms with van der Waals surface area (Å²) in [6, 6.07) is 6.11. The second kappa shape index (κ2) is 5.79. The monoisotopic (exact) mass is 290 g/mol. The first-order valence-corrected chi connectivity index (χ1v) is 6.23. The molecule has 2 aromatic rings. The Morgan fingerprint density at radius 1 is 1.40 bits per heavy atom. The van der Waals surface area contributed by atoms with Crippen molar-refractivity contribution in [2.75, 3.05) is 0 Å². The zero-order valence-corrected chi connectivity index (χ0v) is 11.4. The van der Waals surface area contributed by atoms with Gasteiger partial charge in [-0.25, -0.2) is 0 Å². The molecule has 0 radical (unpaired) electrons. The average Bonchev–Trinajstić information content (AvgIpc) is 2.41. The second-order valence-corrected chi connectivity index (χ2v) is 4.73. The Morgan fingerprint density at radius 3 is 2.80 bits per heavy atom. The minimum Gasteiger partial charge on any atom is -0.294 e. The van der Waals surface area contributed by atoms with Crippen molar-refractivity contribution in [3.05, 3.63) is 68.5 Å². The number of Topliss-reactive ketones (excluding diaryl/α,β-unsaturated/α-hetero) is 1. The van der Waals surface area contributed by atoms with Crippen LogP contribution in [0.2, 0.25) is 5.02 Å². The first-order chi connectivity index (χ1) is 9.49. The summed E-state index contributed by atoms with van der Waals surface area (Å²) in [5.74, 6) is -0.221. The lowest BCUT2D eigenvalue weighted by molar-refractivity contribution is -0.385. The van der Waals surface area contributed by atoms with E-state index in [1.54, 1.807) is 31.3 Å². The van der Waals surface area contributed by atoms with Crippen molar-refractivity contribution < 1.29 is 9.72 Å². The number of pyridine rings is 1. The van der Waals surface area contributed by atoms with Gasteiger partial charge in [0.1, 0.15) is 0 Å². The number of aryl methyl sites for hydroxylation is 1. The van der Waals surface area contributed by atoms with Gasteiger partial charge < -0.3 is 0 Å². The number of nitrogens with zero attached hydrogens (tertiary/aromatic N) is 2. The minimum atomic E-state index is -0.495. The molecule has 0 aliphatic carbocycles. The number of ketones is 1. The van der Waals surface area contributed by atoms with Crippen molar-refractivity contribution in [1.82, 2.24) is 4.98 Å². The molecule has 0 aliphatic rings. The number of carbonyl (C=O) groups excluding carboxylic acids is 1. The van der Waals surface area contributed by atoms with Gasteiger partial charge in [-0.15, -0.1) is 0 Å². The van der Waals surface area contributed by atoms with Crippen molar-refractivity contribution >= 4 is 23.1 Å². The normalized spacial score (nSPS) is 10.3. The quantitative estimate of drug-likeness (QED) is 0.491. The van der Waals surface area contributed by atoms with Crippen molar-refractivity contribution in [3.8, 4) is 0 Å². The fourth-order valence-electron chi connectivity index (χ4n) is 1.80. The highest BCUT2D eigenvalue weighted by molar-refractivity contribution is 6.31. The van der Waals surface area contributed by atoms with E-state index in [2.05, 4.69) is 4.98 Å². The van der Waals surface area contributed by atoms with Crippen LogP contribution in [0.4, 0.5) is 5.69 Å². The molecule has 0 saturated heterocycles. The van der Waals surface area contributed by atoms with Crippen LogP contribution in [0.15, 0.2) is 36.7 Å². The van der Waals surface area contributed by atoms with Crippen LogP contribution in [0.1, 0.15) is 21.5 Å². The van der Waals surface area contributed by atoms with Gasteiger partial charge in [-0.05, 0) is 18.6 Å². The lowest BCUT2D eigenvalue weighted by Crippen LogP contribution is -2.05. The number of carbonyl (C=O) groups is 1. The number of halogens is 1. The van der Waals surface area contributed by atoms with Gasteiger partial charge in [-0.1, -0.05) is 23.7 Å². The summed E-state index contributed by atoms with van der Waals surface area (Å²) < 4.78 is 0. The number of rotatable bonds is 4. The molecule has 0 bridgehead atoms. The Kier molecular flexibility index (Phi) is 4.10. The molecule has 6 heteroatoms. The molecule has 5 nitrogen and oxygen atoms in total. The van der Waals surface area contributed by atoms with E-state index < -0.39 is 4.92 Å². The highest BCUT2D eigenvalue weighted by Gasteiger charge is 2.16. The summed E-state index contributed by atoms with van der Waals surface area (Å²) in [5, 5.41) is 11.3. The van der Waals surface area contributed by atoms with E-state index in [-0.39, 0.29) is 17.9 Å². The molecule has 0 saturated carbocycles. The van der Waals surface area contributed by atoms with Crippen LogP contribution < -0.4 is 0 Å². The summed E-state index contributed by atoms with van der Waals surface area (Å²) in [6.45, 7) is 1.63. The van der Waals surface area contributed by atoms with Crippen LogP contribution >= 0.6 is 11.6 Å². The number of hydrogen-bond acceptors (Lipinski definition) is 4. The fraction of sp³-hybridized carbons (Fsp3) is 0.143. The van der Waals surface area contributed by atoms with E-state index in [0.29, 0.717) is 21.7 Å². The molecular formula is C14H11ClN2O3. The van der Waals surface area contributed by atoms with E-state index >= 15 is 0 Å². The largest absolute Gasteiger partial charge is 0.294 e. The Hall–Kier alpha value is -2.27. The summed E-state index contributed by atoms with van der Waals surface area (Å²) >= 11 is 5.94. The highest BCUT2D eigenvalue weighted by atomic mass is 35.5. The van der Waals surface area contributed by atoms with Crippen molar-refractivity contribution in [2.45, 2.75) is 13.3 Å².